The molecule has 88 valence electrons. The van der Waals surface area contributed by atoms with Crippen LogP contribution in [0.15, 0.2) is 18.2 Å². The number of nitrogens with zero attached hydrogens (tertiary/aromatic N) is 1. The summed E-state index contributed by atoms with van der Waals surface area (Å²) in [6.45, 7) is 1.15. The van der Waals surface area contributed by atoms with E-state index in [1.165, 1.54) is 0 Å². The lowest BCUT2D eigenvalue weighted by atomic mass is 10.00. The first kappa shape index (κ1) is 11.3. The molecule has 1 aromatic rings. The number of carbonyl (C=O) groups excluding carboxylic acids is 3. The van der Waals surface area contributed by atoms with Crippen molar-refractivity contribution in [1.82, 2.24) is 0 Å². The summed E-state index contributed by atoms with van der Waals surface area (Å²) < 4.78 is 0. The summed E-state index contributed by atoms with van der Waals surface area (Å²) in [5.41, 5.74) is 7.51. The van der Waals surface area contributed by atoms with Gasteiger partial charge < -0.3 is 5.73 Å². The lowest BCUT2D eigenvalue weighted by molar-refractivity contribution is -0.137. The van der Waals surface area contributed by atoms with Crippen LogP contribution < -0.4 is 10.6 Å². The van der Waals surface area contributed by atoms with E-state index >= 15 is 0 Å². The van der Waals surface area contributed by atoms with E-state index in [1.54, 1.807) is 18.2 Å². The van der Waals surface area contributed by atoms with Crippen LogP contribution >= 0.6 is 0 Å². The van der Waals surface area contributed by atoms with E-state index in [9.17, 15) is 14.4 Å². The first-order valence-corrected chi connectivity index (χ1v) is 5.27. The molecule has 0 unspecified atom stereocenters. The smallest absolute Gasteiger partial charge is 0.300 e. The van der Waals surface area contributed by atoms with Crippen molar-refractivity contribution in [2.75, 3.05) is 10.6 Å². The molecular formula is C12H12N2O3. The fourth-order valence-corrected chi connectivity index (χ4v) is 1.89. The number of fused-ring (bicyclic) bond motifs is 1. The monoisotopic (exact) mass is 232 g/mol. The van der Waals surface area contributed by atoms with Gasteiger partial charge in [0.1, 0.15) is 0 Å². The molecule has 1 heterocycles. The molecule has 1 aliphatic rings. The molecule has 0 saturated carbocycles. The Hall–Kier alpha value is -2.17. The summed E-state index contributed by atoms with van der Waals surface area (Å²) in [4.78, 5) is 35.4. The van der Waals surface area contributed by atoms with Crippen LogP contribution in [-0.2, 0) is 20.8 Å². The van der Waals surface area contributed by atoms with Crippen molar-refractivity contribution in [3.63, 3.8) is 0 Å². The van der Waals surface area contributed by atoms with Gasteiger partial charge in [-0.25, -0.2) is 4.90 Å². The first-order valence-electron chi connectivity index (χ1n) is 5.27. The number of carbonyl (C=O) groups is 3. The number of rotatable bonds is 1. The van der Waals surface area contributed by atoms with E-state index in [0.29, 0.717) is 17.8 Å². The number of anilines is 2. The second-order valence-corrected chi connectivity index (χ2v) is 3.98. The van der Waals surface area contributed by atoms with Crippen LogP contribution in [0, 0.1) is 0 Å². The number of nitrogens with two attached hydrogens (primary N) is 1. The van der Waals surface area contributed by atoms with Gasteiger partial charge >= 0.3 is 5.91 Å². The molecule has 5 heteroatoms. The Labute approximate surface area is 98.2 Å². The minimum absolute atomic E-state index is 0.218. The lowest BCUT2D eigenvalue weighted by Crippen LogP contribution is -2.43. The van der Waals surface area contributed by atoms with Gasteiger partial charge in [0.05, 0.1) is 5.69 Å². The number of imide groups is 1. The van der Waals surface area contributed by atoms with E-state index < -0.39 is 11.7 Å². The molecule has 2 N–H and O–H groups in total. The summed E-state index contributed by atoms with van der Waals surface area (Å²) in [7, 11) is 0. The molecule has 0 bridgehead atoms. The predicted molar refractivity (Wildman–Crippen MR) is 62.3 cm³/mol. The first-order chi connectivity index (χ1) is 8.00. The average Bonchev–Trinajstić information content (AvgIpc) is 2.28. The van der Waals surface area contributed by atoms with E-state index in [0.717, 1.165) is 17.4 Å². The zero-order valence-corrected chi connectivity index (χ0v) is 9.40. The van der Waals surface area contributed by atoms with Gasteiger partial charge in [0.25, 0.3) is 0 Å². The third-order valence-corrected chi connectivity index (χ3v) is 2.71. The van der Waals surface area contributed by atoms with Crippen LogP contribution in [0.4, 0.5) is 11.4 Å². The van der Waals surface area contributed by atoms with Crippen molar-refractivity contribution in [3.8, 4) is 0 Å². The maximum Gasteiger partial charge on any atom is 0.300 e. The molecule has 5 nitrogen and oxygen atoms in total. The Morgan fingerprint density at radius 2 is 2.00 bits per heavy atom. The maximum atomic E-state index is 11.7. The highest BCUT2D eigenvalue weighted by atomic mass is 16.2. The van der Waals surface area contributed by atoms with Crippen LogP contribution in [0.25, 0.3) is 0 Å². The van der Waals surface area contributed by atoms with Crippen molar-refractivity contribution in [2.45, 2.75) is 19.8 Å². The van der Waals surface area contributed by atoms with E-state index in [1.807, 2.05) is 0 Å². The summed E-state index contributed by atoms with van der Waals surface area (Å²) in [6.07, 6.45) is 0.760. The maximum absolute atomic E-state index is 11.7. The van der Waals surface area contributed by atoms with Crippen molar-refractivity contribution in [2.24, 2.45) is 0 Å². The molecule has 0 radical (unpaired) electrons. The van der Waals surface area contributed by atoms with Crippen LogP contribution in [0.5, 0.6) is 0 Å². The Morgan fingerprint density at radius 3 is 2.65 bits per heavy atom. The molecule has 0 aromatic heterocycles. The van der Waals surface area contributed by atoms with Crippen molar-refractivity contribution in [1.29, 1.82) is 0 Å². The number of hydrogen-bond acceptors (Lipinski definition) is 4. The molecule has 0 fully saturated rings. The summed E-state index contributed by atoms with van der Waals surface area (Å²) in [5.74, 6) is -1.79. The number of hydrogen-bond donors (Lipinski definition) is 1. The van der Waals surface area contributed by atoms with Gasteiger partial charge in [0.2, 0.25) is 11.7 Å². The quantitative estimate of drug-likeness (QED) is 0.569. The van der Waals surface area contributed by atoms with Gasteiger partial charge in [-0.3, -0.25) is 14.4 Å². The van der Waals surface area contributed by atoms with Crippen LogP contribution in [0.3, 0.4) is 0 Å². The Balaban J connectivity index is 2.51. The standard InChI is InChI=1S/C12H12N2O3/c1-7(15)12(17)14-10-4-3-9(13)6-8(10)2-5-11(14)16/h3-4,6H,2,5,13H2,1H3. The summed E-state index contributed by atoms with van der Waals surface area (Å²) in [5, 5.41) is 0. The molecule has 0 saturated heterocycles. The second-order valence-electron chi connectivity index (χ2n) is 3.98. The molecular weight excluding hydrogens is 220 g/mol. The number of amides is 2. The number of Topliss-reactive ketones (excluding diaryl/α,β-unsaturated/α-hetero) is 1. The molecule has 2 rings (SSSR count). The van der Waals surface area contributed by atoms with E-state index in [-0.39, 0.29) is 12.3 Å². The van der Waals surface area contributed by atoms with E-state index in [2.05, 4.69) is 0 Å². The SMILES string of the molecule is CC(=O)C(=O)N1C(=O)CCc2cc(N)ccc21. The van der Waals surface area contributed by atoms with Crippen LogP contribution in [-0.4, -0.2) is 17.6 Å². The number of nitrogen functional groups attached to an aromatic ring is 1. The summed E-state index contributed by atoms with van der Waals surface area (Å²) in [6, 6.07) is 4.93. The molecule has 0 atom stereocenters. The third kappa shape index (κ3) is 1.91. The minimum atomic E-state index is -0.791. The number of ketones is 1. The Morgan fingerprint density at radius 1 is 1.29 bits per heavy atom. The fourth-order valence-electron chi connectivity index (χ4n) is 1.89. The highest BCUT2D eigenvalue weighted by Gasteiger charge is 2.31. The van der Waals surface area contributed by atoms with Crippen molar-refractivity contribution < 1.29 is 14.4 Å². The Kier molecular flexibility index (Phi) is 2.67. The molecule has 2 amide bonds. The minimum Gasteiger partial charge on any atom is -0.399 e. The van der Waals surface area contributed by atoms with Crippen LogP contribution in [0.2, 0.25) is 0 Å². The normalized spacial score (nSPS) is 14.4. The topological polar surface area (TPSA) is 80.5 Å². The highest BCUT2D eigenvalue weighted by molar-refractivity contribution is 6.45. The highest BCUT2D eigenvalue weighted by Crippen LogP contribution is 2.29. The zero-order chi connectivity index (χ0) is 12.6. The zero-order valence-electron chi connectivity index (χ0n) is 9.40. The number of benzene rings is 1. The second kappa shape index (κ2) is 4.01. The predicted octanol–water partition coefficient (Wildman–Crippen LogP) is 0.664. The number of aryl methyl sites for hydroxylation is 1. The van der Waals surface area contributed by atoms with Crippen LogP contribution in [0.1, 0.15) is 18.9 Å². The van der Waals surface area contributed by atoms with Gasteiger partial charge in [-0.15, -0.1) is 0 Å². The molecule has 17 heavy (non-hydrogen) atoms. The largest absolute Gasteiger partial charge is 0.399 e. The Bertz CT molecular complexity index is 522. The fraction of sp³-hybridized carbons (Fsp3) is 0.250. The van der Waals surface area contributed by atoms with E-state index in [4.69, 9.17) is 5.73 Å². The summed E-state index contributed by atoms with van der Waals surface area (Å²) >= 11 is 0. The van der Waals surface area contributed by atoms with Crippen molar-refractivity contribution >= 4 is 29.0 Å². The van der Waals surface area contributed by atoms with Gasteiger partial charge in [-0.1, -0.05) is 0 Å². The molecule has 1 aromatic carbocycles. The van der Waals surface area contributed by atoms with Gasteiger partial charge in [-0.2, -0.15) is 0 Å². The third-order valence-electron chi connectivity index (χ3n) is 2.71. The van der Waals surface area contributed by atoms with Crippen molar-refractivity contribution in [3.05, 3.63) is 23.8 Å². The van der Waals surface area contributed by atoms with Gasteiger partial charge in [-0.05, 0) is 30.2 Å². The van der Waals surface area contributed by atoms with Gasteiger partial charge in [0, 0.05) is 19.0 Å². The molecule has 0 spiro atoms. The molecule has 0 aliphatic carbocycles. The molecule has 1 aliphatic heterocycles. The lowest BCUT2D eigenvalue weighted by Gasteiger charge is -2.27. The van der Waals surface area contributed by atoms with Gasteiger partial charge in [0.15, 0.2) is 0 Å². The average molecular weight is 232 g/mol.